The lowest BCUT2D eigenvalue weighted by molar-refractivity contribution is -0.124. The summed E-state index contributed by atoms with van der Waals surface area (Å²) in [5, 5.41) is 2.83. The van der Waals surface area contributed by atoms with E-state index in [1.807, 2.05) is 31.2 Å². The predicted molar refractivity (Wildman–Crippen MR) is 77.6 cm³/mol. The van der Waals surface area contributed by atoms with Gasteiger partial charge in [-0.2, -0.15) is 4.31 Å². The molecule has 1 aromatic rings. The number of hydrogen-bond acceptors (Lipinski definition) is 3. The van der Waals surface area contributed by atoms with Crippen LogP contribution < -0.4 is 5.32 Å². The third-order valence-corrected chi connectivity index (χ3v) is 4.77. The summed E-state index contributed by atoms with van der Waals surface area (Å²) in [6.45, 7) is 2.85. The second-order valence-electron chi connectivity index (χ2n) is 5.24. The fourth-order valence-corrected chi connectivity index (χ4v) is 3.65. The highest BCUT2D eigenvalue weighted by atomic mass is 32.2. The first-order valence-corrected chi connectivity index (χ1v) is 8.53. The molecule has 1 amide bonds. The van der Waals surface area contributed by atoms with Gasteiger partial charge < -0.3 is 5.32 Å². The maximum Gasteiger partial charge on any atom is 0.238 e. The first-order chi connectivity index (χ1) is 9.38. The Morgan fingerprint density at radius 2 is 2.20 bits per heavy atom. The summed E-state index contributed by atoms with van der Waals surface area (Å²) in [6, 6.07) is 7.32. The van der Waals surface area contributed by atoms with E-state index in [0.29, 0.717) is 19.5 Å². The van der Waals surface area contributed by atoms with Gasteiger partial charge in [-0.25, -0.2) is 8.42 Å². The highest BCUT2D eigenvalue weighted by Gasteiger charge is 2.36. The molecule has 110 valence electrons. The van der Waals surface area contributed by atoms with Crippen LogP contribution in [-0.4, -0.2) is 37.5 Å². The number of sulfonamides is 1. The molecule has 1 aromatic carbocycles. The molecule has 20 heavy (non-hydrogen) atoms. The van der Waals surface area contributed by atoms with Gasteiger partial charge in [0.15, 0.2) is 0 Å². The van der Waals surface area contributed by atoms with Gasteiger partial charge >= 0.3 is 0 Å². The van der Waals surface area contributed by atoms with E-state index in [1.165, 1.54) is 4.31 Å². The molecule has 6 heteroatoms. The average Bonchev–Trinajstić information content (AvgIpc) is 2.85. The minimum atomic E-state index is -3.31. The predicted octanol–water partition coefficient (Wildman–Crippen LogP) is 1.04. The van der Waals surface area contributed by atoms with Gasteiger partial charge in [-0.3, -0.25) is 4.79 Å². The summed E-state index contributed by atoms with van der Waals surface area (Å²) in [7, 11) is -3.31. The minimum absolute atomic E-state index is 0.213. The Bertz CT molecular complexity index is 598. The number of benzene rings is 1. The van der Waals surface area contributed by atoms with Gasteiger partial charge in [-0.1, -0.05) is 29.8 Å². The van der Waals surface area contributed by atoms with Gasteiger partial charge in [0.1, 0.15) is 6.04 Å². The number of nitrogens with one attached hydrogen (secondary N) is 1. The zero-order valence-electron chi connectivity index (χ0n) is 11.8. The lowest BCUT2D eigenvalue weighted by Crippen LogP contribution is -2.45. The fraction of sp³-hybridized carbons (Fsp3) is 0.500. The van der Waals surface area contributed by atoms with Gasteiger partial charge in [-0.15, -0.1) is 0 Å². The van der Waals surface area contributed by atoms with Crippen molar-refractivity contribution in [3.8, 4) is 0 Å². The molecule has 1 fully saturated rings. The van der Waals surface area contributed by atoms with Gasteiger partial charge in [0.2, 0.25) is 15.9 Å². The third-order valence-electron chi connectivity index (χ3n) is 3.48. The Morgan fingerprint density at radius 1 is 1.45 bits per heavy atom. The molecule has 1 heterocycles. The molecule has 1 atom stereocenters. The Balaban J connectivity index is 1.98. The van der Waals surface area contributed by atoms with Crippen LogP contribution in [0.4, 0.5) is 0 Å². The molecular weight excluding hydrogens is 276 g/mol. The van der Waals surface area contributed by atoms with Crippen LogP contribution in [0.1, 0.15) is 24.0 Å². The lowest BCUT2D eigenvalue weighted by Gasteiger charge is -2.21. The third kappa shape index (κ3) is 3.58. The summed E-state index contributed by atoms with van der Waals surface area (Å²) < 4.78 is 24.5. The van der Waals surface area contributed by atoms with Crippen LogP contribution in [0.15, 0.2) is 24.3 Å². The van der Waals surface area contributed by atoms with Gasteiger partial charge in [0.05, 0.1) is 6.26 Å². The molecule has 5 nitrogen and oxygen atoms in total. The fourth-order valence-electron chi connectivity index (χ4n) is 2.53. The lowest BCUT2D eigenvalue weighted by atomic mass is 10.1. The number of amides is 1. The molecule has 1 N–H and O–H groups in total. The molecule has 1 unspecified atom stereocenters. The smallest absolute Gasteiger partial charge is 0.238 e. The van der Waals surface area contributed by atoms with Crippen LogP contribution in [0.3, 0.4) is 0 Å². The highest BCUT2D eigenvalue weighted by molar-refractivity contribution is 7.88. The summed E-state index contributed by atoms with van der Waals surface area (Å²) in [5.41, 5.74) is 2.15. The monoisotopic (exact) mass is 296 g/mol. The highest BCUT2D eigenvalue weighted by Crippen LogP contribution is 2.20. The molecule has 1 aliphatic rings. The zero-order chi connectivity index (χ0) is 14.8. The second-order valence-corrected chi connectivity index (χ2v) is 7.17. The van der Waals surface area contributed by atoms with Crippen LogP contribution in [0, 0.1) is 6.92 Å². The molecule has 0 aliphatic carbocycles. The van der Waals surface area contributed by atoms with Crippen molar-refractivity contribution in [3.63, 3.8) is 0 Å². The maximum absolute atomic E-state index is 12.1. The number of hydrogen-bond donors (Lipinski definition) is 1. The summed E-state index contributed by atoms with van der Waals surface area (Å²) >= 11 is 0. The average molecular weight is 296 g/mol. The van der Waals surface area contributed by atoms with E-state index in [9.17, 15) is 13.2 Å². The van der Waals surface area contributed by atoms with Crippen molar-refractivity contribution in [3.05, 3.63) is 35.4 Å². The number of aryl methyl sites for hydroxylation is 1. The molecular formula is C14H20N2O3S. The van der Waals surface area contributed by atoms with Crippen LogP contribution in [0.5, 0.6) is 0 Å². The van der Waals surface area contributed by atoms with E-state index in [-0.39, 0.29) is 5.91 Å². The Hall–Kier alpha value is -1.40. The molecule has 0 spiro atoms. The van der Waals surface area contributed by atoms with Gasteiger partial charge in [0.25, 0.3) is 0 Å². The first kappa shape index (κ1) is 15.0. The Labute approximate surface area is 120 Å². The topological polar surface area (TPSA) is 66.5 Å². The molecule has 0 aromatic heterocycles. The summed E-state index contributed by atoms with van der Waals surface area (Å²) in [4.78, 5) is 12.1. The Kier molecular flexibility index (Phi) is 4.45. The van der Waals surface area contributed by atoms with Crippen LogP contribution in [0.25, 0.3) is 0 Å². The molecule has 1 aliphatic heterocycles. The van der Waals surface area contributed by atoms with Crippen LogP contribution in [0.2, 0.25) is 0 Å². The quantitative estimate of drug-likeness (QED) is 0.902. The van der Waals surface area contributed by atoms with Crippen molar-refractivity contribution in [1.29, 1.82) is 0 Å². The van der Waals surface area contributed by atoms with Crippen molar-refractivity contribution in [2.75, 3.05) is 12.8 Å². The molecule has 1 saturated heterocycles. The van der Waals surface area contributed by atoms with E-state index >= 15 is 0 Å². The van der Waals surface area contributed by atoms with Crippen molar-refractivity contribution in [2.45, 2.75) is 32.4 Å². The van der Waals surface area contributed by atoms with Crippen molar-refractivity contribution < 1.29 is 13.2 Å². The van der Waals surface area contributed by atoms with Crippen molar-refractivity contribution in [1.82, 2.24) is 9.62 Å². The van der Waals surface area contributed by atoms with Gasteiger partial charge in [-0.05, 0) is 25.3 Å². The van der Waals surface area contributed by atoms with E-state index in [2.05, 4.69) is 5.32 Å². The summed E-state index contributed by atoms with van der Waals surface area (Å²) in [5.74, 6) is -0.213. The number of rotatable bonds is 4. The maximum atomic E-state index is 12.1. The Morgan fingerprint density at radius 3 is 2.85 bits per heavy atom. The molecule has 0 bridgehead atoms. The summed E-state index contributed by atoms with van der Waals surface area (Å²) in [6.07, 6.45) is 2.47. The number of carbonyl (C=O) groups is 1. The van der Waals surface area contributed by atoms with Gasteiger partial charge in [0, 0.05) is 13.1 Å². The molecule has 0 saturated carbocycles. The second kappa shape index (κ2) is 5.93. The standard InChI is InChI=1S/C14H20N2O3S/c1-11-5-3-6-12(9-11)10-15-14(17)13-7-4-8-16(13)20(2,18)19/h3,5-6,9,13H,4,7-8,10H2,1-2H3,(H,15,17). The SMILES string of the molecule is Cc1cccc(CNC(=O)C2CCCN2S(C)(=O)=O)c1. The normalized spacial score (nSPS) is 20.0. The number of carbonyl (C=O) groups excluding carboxylic acids is 1. The minimum Gasteiger partial charge on any atom is -0.351 e. The molecule has 2 rings (SSSR count). The van der Waals surface area contributed by atoms with Crippen molar-refractivity contribution in [2.24, 2.45) is 0 Å². The van der Waals surface area contributed by atoms with Crippen molar-refractivity contribution >= 4 is 15.9 Å². The number of nitrogens with zero attached hydrogens (tertiary/aromatic N) is 1. The van der Waals surface area contributed by atoms with Crippen LogP contribution in [-0.2, 0) is 21.4 Å². The molecule has 0 radical (unpaired) electrons. The first-order valence-electron chi connectivity index (χ1n) is 6.68. The van der Waals surface area contributed by atoms with E-state index in [1.54, 1.807) is 0 Å². The van der Waals surface area contributed by atoms with E-state index in [4.69, 9.17) is 0 Å². The largest absolute Gasteiger partial charge is 0.351 e. The van der Waals surface area contributed by atoms with E-state index in [0.717, 1.165) is 23.8 Å². The van der Waals surface area contributed by atoms with E-state index < -0.39 is 16.1 Å². The zero-order valence-corrected chi connectivity index (χ0v) is 12.6. The van der Waals surface area contributed by atoms with Crippen LogP contribution >= 0.6 is 0 Å².